The van der Waals surface area contributed by atoms with Crippen molar-refractivity contribution in [3.8, 4) is 0 Å². The van der Waals surface area contributed by atoms with Gasteiger partial charge in [0, 0.05) is 0 Å². The zero-order chi connectivity index (χ0) is 9.14. The zero-order valence-electron chi connectivity index (χ0n) is 6.53. The molecule has 1 aromatic heterocycles. The maximum Gasteiger partial charge on any atom is 0.346 e. The van der Waals surface area contributed by atoms with Crippen LogP contribution in [0.5, 0.6) is 0 Å². The van der Waals surface area contributed by atoms with Gasteiger partial charge >= 0.3 is 5.97 Å². The first kappa shape index (κ1) is 8.93. The van der Waals surface area contributed by atoms with Crippen LogP contribution in [0.25, 0.3) is 0 Å². The molecular formula is C8H8O3S. The SMILES string of the molecule is CCc1cc(C=O)sc1C(=O)O. The molecule has 3 nitrogen and oxygen atoms in total. The third-order valence-corrected chi connectivity index (χ3v) is 2.61. The number of carbonyl (C=O) groups is 2. The lowest BCUT2D eigenvalue weighted by Gasteiger charge is -1.91. The number of carboxylic acids is 1. The van der Waals surface area contributed by atoms with Crippen molar-refractivity contribution < 1.29 is 14.7 Å². The Balaban J connectivity index is 3.16. The van der Waals surface area contributed by atoms with Gasteiger partial charge in [0.15, 0.2) is 6.29 Å². The Morgan fingerprint density at radius 2 is 2.42 bits per heavy atom. The molecule has 0 aliphatic heterocycles. The molecule has 0 amide bonds. The molecular weight excluding hydrogens is 176 g/mol. The lowest BCUT2D eigenvalue weighted by molar-refractivity contribution is 0.0701. The van der Waals surface area contributed by atoms with Crippen LogP contribution in [-0.4, -0.2) is 17.4 Å². The first-order valence-corrected chi connectivity index (χ1v) is 4.31. The fourth-order valence-corrected chi connectivity index (χ4v) is 1.86. The minimum Gasteiger partial charge on any atom is -0.477 e. The second-order valence-electron chi connectivity index (χ2n) is 2.28. The number of hydrogen-bond acceptors (Lipinski definition) is 3. The van der Waals surface area contributed by atoms with Gasteiger partial charge in [0.05, 0.1) is 4.88 Å². The van der Waals surface area contributed by atoms with E-state index in [0.717, 1.165) is 16.9 Å². The Morgan fingerprint density at radius 3 is 2.75 bits per heavy atom. The predicted octanol–water partition coefficient (Wildman–Crippen LogP) is 1.82. The van der Waals surface area contributed by atoms with Gasteiger partial charge in [-0.25, -0.2) is 4.79 Å². The molecule has 1 rings (SSSR count). The molecule has 0 aliphatic rings. The molecule has 1 N–H and O–H groups in total. The van der Waals surface area contributed by atoms with Crippen LogP contribution in [0.2, 0.25) is 0 Å². The van der Waals surface area contributed by atoms with E-state index < -0.39 is 5.97 Å². The number of aldehydes is 1. The van der Waals surface area contributed by atoms with Crippen molar-refractivity contribution in [2.24, 2.45) is 0 Å². The molecule has 1 heterocycles. The largest absolute Gasteiger partial charge is 0.477 e. The molecule has 0 radical (unpaired) electrons. The molecule has 0 saturated carbocycles. The van der Waals surface area contributed by atoms with E-state index in [1.807, 2.05) is 6.92 Å². The van der Waals surface area contributed by atoms with Crippen molar-refractivity contribution in [1.29, 1.82) is 0 Å². The number of aromatic carboxylic acids is 1. The van der Waals surface area contributed by atoms with Gasteiger partial charge in [0.2, 0.25) is 0 Å². The Labute approximate surface area is 73.6 Å². The molecule has 0 saturated heterocycles. The second kappa shape index (κ2) is 3.49. The summed E-state index contributed by atoms with van der Waals surface area (Å²) in [7, 11) is 0. The van der Waals surface area contributed by atoms with Crippen LogP contribution in [0.3, 0.4) is 0 Å². The van der Waals surface area contributed by atoms with Crippen LogP contribution in [0.1, 0.15) is 31.8 Å². The molecule has 0 atom stereocenters. The number of carboxylic acid groups (broad SMARTS) is 1. The summed E-state index contributed by atoms with van der Waals surface area (Å²) >= 11 is 1.02. The topological polar surface area (TPSA) is 54.4 Å². The summed E-state index contributed by atoms with van der Waals surface area (Å²) in [5.41, 5.74) is 0.731. The average molecular weight is 184 g/mol. The van der Waals surface area contributed by atoms with Crippen molar-refractivity contribution in [3.63, 3.8) is 0 Å². The van der Waals surface area contributed by atoms with E-state index in [4.69, 9.17) is 5.11 Å². The molecule has 12 heavy (non-hydrogen) atoms. The summed E-state index contributed by atoms with van der Waals surface area (Å²) in [5, 5.41) is 8.70. The van der Waals surface area contributed by atoms with Crippen molar-refractivity contribution in [2.75, 3.05) is 0 Å². The van der Waals surface area contributed by atoms with Crippen molar-refractivity contribution >= 4 is 23.6 Å². The number of carbonyl (C=O) groups excluding carboxylic acids is 1. The lowest BCUT2D eigenvalue weighted by Crippen LogP contribution is -1.95. The highest BCUT2D eigenvalue weighted by atomic mass is 32.1. The molecule has 0 aliphatic carbocycles. The molecule has 0 unspecified atom stereocenters. The molecule has 0 bridgehead atoms. The first-order valence-electron chi connectivity index (χ1n) is 3.50. The second-order valence-corrected chi connectivity index (χ2v) is 3.36. The normalized spacial score (nSPS) is 9.75. The van der Waals surface area contributed by atoms with Crippen molar-refractivity contribution in [3.05, 3.63) is 21.4 Å². The Morgan fingerprint density at radius 1 is 1.75 bits per heavy atom. The van der Waals surface area contributed by atoms with Crippen LogP contribution in [0.15, 0.2) is 6.07 Å². The van der Waals surface area contributed by atoms with Gasteiger partial charge in [-0.3, -0.25) is 4.79 Å². The van der Waals surface area contributed by atoms with E-state index in [2.05, 4.69) is 0 Å². The number of aryl methyl sites for hydroxylation is 1. The van der Waals surface area contributed by atoms with Gasteiger partial charge in [-0.1, -0.05) is 6.92 Å². The average Bonchev–Trinajstić information content (AvgIpc) is 2.47. The Hall–Kier alpha value is -1.16. The van der Waals surface area contributed by atoms with E-state index in [9.17, 15) is 9.59 Å². The van der Waals surface area contributed by atoms with Crippen LogP contribution in [0, 0.1) is 0 Å². The molecule has 0 fully saturated rings. The van der Waals surface area contributed by atoms with Gasteiger partial charge in [0.25, 0.3) is 0 Å². The summed E-state index contributed by atoms with van der Waals surface area (Å²) < 4.78 is 0. The van der Waals surface area contributed by atoms with Gasteiger partial charge in [-0.2, -0.15) is 0 Å². The fourth-order valence-electron chi connectivity index (χ4n) is 0.952. The quantitative estimate of drug-likeness (QED) is 0.729. The predicted molar refractivity (Wildman–Crippen MR) is 46.0 cm³/mol. The first-order chi connectivity index (χ1) is 5.69. The fraction of sp³-hybridized carbons (Fsp3) is 0.250. The summed E-state index contributed by atoms with van der Waals surface area (Å²) in [6.07, 6.45) is 1.32. The maximum absolute atomic E-state index is 10.6. The number of hydrogen-bond donors (Lipinski definition) is 1. The van der Waals surface area contributed by atoms with E-state index in [1.54, 1.807) is 6.07 Å². The number of thiophene rings is 1. The molecule has 0 aromatic carbocycles. The molecule has 64 valence electrons. The highest BCUT2D eigenvalue weighted by Gasteiger charge is 2.12. The monoisotopic (exact) mass is 184 g/mol. The lowest BCUT2D eigenvalue weighted by atomic mass is 10.2. The standard InChI is InChI=1S/C8H8O3S/c1-2-5-3-6(4-9)12-7(5)8(10)11/h3-4H,2H2,1H3,(H,10,11). The Kier molecular flexibility index (Phi) is 2.60. The summed E-state index contributed by atoms with van der Waals surface area (Å²) in [6, 6.07) is 1.63. The van der Waals surface area contributed by atoms with Gasteiger partial charge in [-0.05, 0) is 18.1 Å². The minimum absolute atomic E-state index is 0.277. The summed E-state index contributed by atoms with van der Waals surface area (Å²) in [6.45, 7) is 1.86. The van der Waals surface area contributed by atoms with Crippen LogP contribution in [-0.2, 0) is 6.42 Å². The highest BCUT2D eigenvalue weighted by molar-refractivity contribution is 7.15. The maximum atomic E-state index is 10.6. The third-order valence-electron chi connectivity index (χ3n) is 1.52. The zero-order valence-corrected chi connectivity index (χ0v) is 7.35. The van der Waals surface area contributed by atoms with Crippen LogP contribution >= 0.6 is 11.3 Å². The van der Waals surface area contributed by atoms with Gasteiger partial charge in [0.1, 0.15) is 4.88 Å². The number of rotatable bonds is 3. The molecule has 0 spiro atoms. The molecule has 1 aromatic rings. The van der Waals surface area contributed by atoms with Crippen molar-refractivity contribution in [2.45, 2.75) is 13.3 Å². The highest BCUT2D eigenvalue weighted by Crippen LogP contribution is 2.21. The Bertz CT molecular complexity index is 314. The minimum atomic E-state index is -0.954. The van der Waals surface area contributed by atoms with E-state index in [0.29, 0.717) is 17.6 Å². The summed E-state index contributed by atoms with van der Waals surface area (Å²) in [5.74, 6) is -0.954. The van der Waals surface area contributed by atoms with E-state index in [-0.39, 0.29) is 4.88 Å². The van der Waals surface area contributed by atoms with Crippen LogP contribution in [0.4, 0.5) is 0 Å². The van der Waals surface area contributed by atoms with E-state index >= 15 is 0 Å². The smallest absolute Gasteiger partial charge is 0.346 e. The van der Waals surface area contributed by atoms with Crippen molar-refractivity contribution in [1.82, 2.24) is 0 Å². The molecule has 4 heteroatoms. The van der Waals surface area contributed by atoms with Gasteiger partial charge < -0.3 is 5.11 Å². The third kappa shape index (κ3) is 1.53. The van der Waals surface area contributed by atoms with Crippen LogP contribution < -0.4 is 0 Å². The van der Waals surface area contributed by atoms with Gasteiger partial charge in [-0.15, -0.1) is 11.3 Å². The van der Waals surface area contributed by atoms with E-state index in [1.165, 1.54) is 0 Å². The summed E-state index contributed by atoms with van der Waals surface area (Å²) in [4.78, 5) is 21.7.